The van der Waals surface area contributed by atoms with E-state index in [1.54, 1.807) is 29.5 Å². The standard InChI is InChI=1S/C16H12ClNO2S2/c1-10-6-7-21-13(10)8-14-15(19)18(16(20)22-14)9-11-2-4-12(17)5-3-11/h2-8H,9H2,1H3. The summed E-state index contributed by atoms with van der Waals surface area (Å²) in [7, 11) is 0. The molecule has 0 spiro atoms. The first-order valence-electron chi connectivity index (χ1n) is 6.58. The fourth-order valence-electron chi connectivity index (χ4n) is 2.06. The summed E-state index contributed by atoms with van der Waals surface area (Å²) in [6.45, 7) is 2.25. The summed E-state index contributed by atoms with van der Waals surface area (Å²) in [5, 5.41) is 2.37. The predicted octanol–water partition coefficient (Wildman–Crippen LogP) is 4.95. The number of carbonyl (C=O) groups excluding carboxylic acids is 2. The molecule has 3 nitrogen and oxygen atoms in total. The molecular formula is C16H12ClNO2S2. The summed E-state index contributed by atoms with van der Waals surface area (Å²) >= 11 is 8.39. The molecule has 1 aromatic carbocycles. The van der Waals surface area contributed by atoms with Gasteiger partial charge in [-0.1, -0.05) is 23.7 Å². The van der Waals surface area contributed by atoms with Gasteiger partial charge in [-0.15, -0.1) is 11.3 Å². The summed E-state index contributed by atoms with van der Waals surface area (Å²) < 4.78 is 0. The molecule has 2 aromatic rings. The molecular weight excluding hydrogens is 338 g/mol. The smallest absolute Gasteiger partial charge is 0.268 e. The number of halogens is 1. The maximum absolute atomic E-state index is 12.4. The second kappa shape index (κ2) is 6.28. The highest BCUT2D eigenvalue weighted by Crippen LogP contribution is 2.34. The van der Waals surface area contributed by atoms with Crippen LogP contribution in [0.25, 0.3) is 6.08 Å². The van der Waals surface area contributed by atoms with Crippen molar-refractivity contribution >= 4 is 51.9 Å². The molecule has 1 aromatic heterocycles. The highest BCUT2D eigenvalue weighted by molar-refractivity contribution is 8.18. The fraction of sp³-hybridized carbons (Fsp3) is 0.125. The number of hydrogen-bond acceptors (Lipinski definition) is 4. The van der Waals surface area contributed by atoms with Gasteiger partial charge in [0.05, 0.1) is 11.4 Å². The van der Waals surface area contributed by atoms with Crippen LogP contribution >= 0.6 is 34.7 Å². The number of thioether (sulfide) groups is 1. The van der Waals surface area contributed by atoms with E-state index in [4.69, 9.17) is 11.6 Å². The average Bonchev–Trinajstić information content (AvgIpc) is 3.00. The molecule has 1 fully saturated rings. The molecule has 1 aliphatic heterocycles. The quantitative estimate of drug-likeness (QED) is 0.736. The van der Waals surface area contributed by atoms with Crippen molar-refractivity contribution in [3.8, 4) is 0 Å². The Balaban J connectivity index is 1.81. The Morgan fingerprint density at radius 1 is 1.18 bits per heavy atom. The van der Waals surface area contributed by atoms with Crippen LogP contribution in [0, 0.1) is 6.92 Å². The van der Waals surface area contributed by atoms with E-state index in [2.05, 4.69) is 0 Å². The van der Waals surface area contributed by atoms with Gasteiger partial charge in [0.2, 0.25) is 0 Å². The molecule has 0 bridgehead atoms. The molecule has 0 aliphatic carbocycles. The van der Waals surface area contributed by atoms with Gasteiger partial charge < -0.3 is 0 Å². The zero-order valence-electron chi connectivity index (χ0n) is 11.7. The van der Waals surface area contributed by atoms with E-state index >= 15 is 0 Å². The van der Waals surface area contributed by atoms with Crippen molar-refractivity contribution in [1.29, 1.82) is 0 Å². The van der Waals surface area contributed by atoms with Crippen LogP contribution in [0.15, 0.2) is 40.6 Å². The average molecular weight is 350 g/mol. The van der Waals surface area contributed by atoms with Crippen molar-refractivity contribution < 1.29 is 9.59 Å². The summed E-state index contributed by atoms with van der Waals surface area (Å²) in [5.41, 5.74) is 1.98. The van der Waals surface area contributed by atoms with Crippen LogP contribution in [0.2, 0.25) is 5.02 Å². The fourth-order valence-corrected chi connectivity index (χ4v) is 3.94. The topological polar surface area (TPSA) is 37.4 Å². The van der Waals surface area contributed by atoms with E-state index in [1.165, 1.54) is 4.90 Å². The van der Waals surface area contributed by atoms with E-state index < -0.39 is 0 Å². The predicted molar refractivity (Wildman–Crippen MR) is 92.0 cm³/mol. The van der Waals surface area contributed by atoms with Crippen molar-refractivity contribution in [3.63, 3.8) is 0 Å². The number of aryl methyl sites for hydroxylation is 1. The Bertz CT molecular complexity index is 765. The summed E-state index contributed by atoms with van der Waals surface area (Å²) in [4.78, 5) is 27.3. The third-order valence-electron chi connectivity index (χ3n) is 3.29. The van der Waals surface area contributed by atoms with Crippen molar-refractivity contribution in [2.45, 2.75) is 13.5 Å². The van der Waals surface area contributed by atoms with Crippen LogP contribution in [0.5, 0.6) is 0 Å². The molecule has 1 aliphatic rings. The largest absolute Gasteiger partial charge is 0.293 e. The number of benzene rings is 1. The number of thiophene rings is 1. The van der Waals surface area contributed by atoms with Crippen LogP contribution in [0.1, 0.15) is 16.0 Å². The Morgan fingerprint density at radius 2 is 1.91 bits per heavy atom. The third kappa shape index (κ3) is 3.11. The lowest BCUT2D eigenvalue weighted by Gasteiger charge is -2.12. The van der Waals surface area contributed by atoms with Crippen LogP contribution in [-0.4, -0.2) is 16.0 Å². The van der Waals surface area contributed by atoms with Gasteiger partial charge in [0.15, 0.2) is 0 Å². The Morgan fingerprint density at radius 3 is 2.55 bits per heavy atom. The molecule has 2 heterocycles. The Hall–Kier alpha value is -1.56. The molecule has 112 valence electrons. The summed E-state index contributed by atoms with van der Waals surface area (Å²) in [5.74, 6) is -0.238. The summed E-state index contributed by atoms with van der Waals surface area (Å²) in [6, 6.07) is 9.13. The molecule has 1 saturated heterocycles. The molecule has 0 radical (unpaired) electrons. The lowest BCUT2D eigenvalue weighted by molar-refractivity contribution is -0.123. The number of amides is 2. The number of imide groups is 1. The van der Waals surface area contributed by atoms with Gasteiger partial charge in [0, 0.05) is 9.90 Å². The second-order valence-electron chi connectivity index (χ2n) is 4.86. The first-order valence-corrected chi connectivity index (χ1v) is 8.66. The molecule has 6 heteroatoms. The minimum absolute atomic E-state index is 0.236. The van der Waals surface area contributed by atoms with E-state index in [9.17, 15) is 9.59 Å². The molecule has 2 amide bonds. The number of rotatable bonds is 3. The third-order valence-corrected chi connectivity index (χ3v) is 5.42. The molecule has 0 saturated carbocycles. The number of carbonyl (C=O) groups is 2. The van der Waals surface area contributed by atoms with Gasteiger partial charge >= 0.3 is 0 Å². The Labute approximate surface area is 141 Å². The highest BCUT2D eigenvalue weighted by atomic mass is 35.5. The number of nitrogens with zero attached hydrogens (tertiary/aromatic N) is 1. The normalized spacial score (nSPS) is 16.8. The SMILES string of the molecule is Cc1ccsc1C=C1SC(=O)N(Cc2ccc(Cl)cc2)C1=O. The van der Waals surface area contributed by atoms with Crippen molar-refractivity contribution in [3.05, 3.63) is 61.6 Å². The first kappa shape index (κ1) is 15.3. The van der Waals surface area contributed by atoms with Gasteiger partial charge in [0.25, 0.3) is 11.1 Å². The maximum Gasteiger partial charge on any atom is 0.293 e. The van der Waals surface area contributed by atoms with Crippen molar-refractivity contribution in [2.75, 3.05) is 0 Å². The van der Waals surface area contributed by atoms with Crippen molar-refractivity contribution in [2.24, 2.45) is 0 Å². The molecule has 0 N–H and O–H groups in total. The summed E-state index contributed by atoms with van der Waals surface area (Å²) in [6.07, 6.45) is 1.80. The zero-order valence-corrected chi connectivity index (χ0v) is 14.1. The zero-order chi connectivity index (χ0) is 15.7. The van der Waals surface area contributed by atoms with Crippen LogP contribution in [0.3, 0.4) is 0 Å². The molecule has 3 rings (SSSR count). The number of hydrogen-bond donors (Lipinski definition) is 0. The lowest BCUT2D eigenvalue weighted by atomic mass is 10.2. The van der Waals surface area contributed by atoms with Crippen molar-refractivity contribution in [1.82, 2.24) is 4.90 Å². The van der Waals surface area contributed by atoms with Crippen LogP contribution < -0.4 is 0 Å². The van der Waals surface area contributed by atoms with Crippen LogP contribution in [-0.2, 0) is 11.3 Å². The highest BCUT2D eigenvalue weighted by Gasteiger charge is 2.35. The van der Waals surface area contributed by atoms with E-state index in [1.807, 2.05) is 30.5 Å². The van der Waals surface area contributed by atoms with E-state index in [0.29, 0.717) is 9.93 Å². The van der Waals surface area contributed by atoms with E-state index in [0.717, 1.165) is 27.8 Å². The van der Waals surface area contributed by atoms with E-state index in [-0.39, 0.29) is 17.7 Å². The minimum atomic E-state index is -0.238. The second-order valence-corrected chi connectivity index (χ2v) is 7.24. The molecule has 22 heavy (non-hydrogen) atoms. The van der Waals surface area contributed by atoms with Gasteiger partial charge in [-0.05, 0) is 59.5 Å². The minimum Gasteiger partial charge on any atom is -0.268 e. The van der Waals surface area contributed by atoms with Gasteiger partial charge in [-0.3, -0.25) is 14.5 Å². The monoisotopic (exact) mass is 349 g/mol. The lowest BCUT2D eigenvalue weighted by Crippen LogP contribution is -2.27. The molecule has 0 atom stereocenters. The van der Waals surface area contributed by atoms with Gasteiger partial charge in [-0.2, -0.15) is 0 Å². The first-order chi connectivity index (χ1) is 10.5. The molecule has 0 unspecified atom stereocenters. The van der Waals surface area contributed by atoms with Gasteiger partial charge in [0.1, 0.15) is 0 Å². The maximum atomic E-state index is 12.4. The van der Waals surface area contributed by atoms with Crippen LogP contribution in [0.4, 0.5) is 4.79 Å². The van der Waals surface area contributed by atoms with Gasteiger partial charge in [-0.25, -0.2) is 0 Å². The Kier molecular flexibility index (Phi) is 4.38.